The molecule has 1 N–H and O–H groups in total. The standard InChI is InChI=1S/C33H24ClN3O3S2/c1-36-29-10-6-5-9-26(29)27(32(36)42-20-21-11-13-22(34)14-12-21)19-28-30(38)35-33(41)37(31(28)39)23-15-17-25(18-16-23)40-24-7-3-2-4-8-24/h2-19H,20H2,1H3,(H,35,38,41). The van der Waals surface area contributed by atoms with Crippen LogP contribution >= 0.6 is 35.6 Å². The number of halogens is 1. The van der Waals surface area contributed by atoms with E-state index >= 15 is 0 Å². The van der Waals surface area contributed by atoms with Crippen LogP contribution in [0.5, 0.6) is 11.5 Å². The summed E-state index contributed by atoms with van der Waals surface area (Å²) in [5, 5.41) is 5.27. The van der Waals surface area contributed by atoms with Crippen molar-refractivity contribution >= 4 is 75.2 Å². The number of benzene rings is 4. The number of ether oxygens (including phenoxy) is 1. The number of aromatic nitrogens is 1. The van der Waals surface area contributed by atoms with E-state index in [4.69, 9.17) is 28.6 Å². The van der Waals surface area contributed by atoms with E-state index in [0.29, 0.717) is 28.0 Å². The number of aryl methyl sites for hydroxylation is 1. The van der Waals surface area contributed by atoms with Gasteiger partial charge in [-0.3, -0.25) is 19.8 Å². The van der Waals surface area contributed by atoms with Gasteiger partial charge in [-0.15, -0.1) is 11.8 Å². The lowest BCUT2D eigenvalue weighted by molar-refractivity contribution is -0.122. The molecule has 6 nitrogen and oxygen atoms in total. The lowest BCUT2D eigenvalue weighted by Gasteiger charge is -2.29. The van der Waals surface area contributed by atoms with E-state index in [1.165, 1.54) is 4.90 Å². The molecular weight excluding hydrogens is 586 g/mol. The van der Waals surface area contributed by atoms with E-state index in [1.807, 2.05) is 85.9 Å². The van der Waals surface area contributed by atoms with E-state index < -0.39 is 11.8 Å². The topological polar surface area (TPSA) is 63.6 Å². The number of anilines is 1. The van der Waals surface area contributed by atoms with Crippen LogP contribution in [0.3, 0.4) is 0 Å². The van der Waals surface area contributed by atoms with Crippen molar-refractivity contribution in [2.24, 2.45) is 7.05 Å². The Morgan fingerprint density at radius 3 is 2.29 bits per heavy atom. The fourth-order valence-corrected chi connectivity index (χ4v) is 6.29. The Kier molecular flexibility index (Phi) is 7.84. The van der Waals surface area contributed by atoms with Crippen molar-refractivity contribution in [3.05, 3.63) is 125 Å². The third kappa shape index (κ3) is 5.56. The molecular formula is C33H24ClN3O3S2. The molecule has 0 unspecified atom stereocenters. The van der Waals surface area contributed by atoms with Crippen LogP contribution in [0, 0.1) is 0 Å². The van der Waals surface area contributed by atoms with Gasteiger partial charge in [-0.05, 0) is 78.5 Å². The lowest BCUT2D eigenvalue weighted by Crippen LogP contribution is -2.54. The Morgan fingerprint density at radius 2 is 1.55 bits per heavy atom. The van der Waals surface area contributed by atoms with Crippen molar-refractivity contribution in [3.63, 3.8) is 0 Å². The Balaban J connectivity index is 1.34. The molecule has 0 aliphatic carbocycles. The first-order chi connectivity index (χ1) is 20.4. The second kappa shape index (κ2) is 11.9. The maximum atomic E-state index is 13.8. The lowest BCUT2D eigenvalue weighted by atomic mass is 10.1. The highest BCUT2D eigenvalue weighted by atomic mass is 35.5. The van der Waals surface area contributed by atoms with Gasteiger partial charge < -0.3 is 9.30 Å². The van der Waals surface area contributed by atoms with Gasteiger partial charge in [0, 0.05) is 34.3 Å². The zero-order valence-electron chi connectivity index (χ0n) is 22.4. The first-order valence-corrected chi connectivity index (χ1v) is 14.9. The van der Waals surface area contributed by atoms with Crippen LogP contribution in [0.2, 0.25) is 5.02 Å². The number of nitrogens with zero attached hydrogens (tertiary/aromatic N) is 2. The average Bonchev–Trinajstić information content (AvgIpc) is 3.26. The fraction of sp³-hybridized carbons (Fsp3) is 0.0606. The molecule has 0 radical (unpaired) electrons. The summed E-state index contributed by atoms with van der Waals surface area (Å²) < 4.78 is 7.96. The normalized spacial score (nSPS) is 14.5. The van der Waals surface area contributed by atoms with Crippen LogP contribution in [-0.4, -0.2) is 21.5 Å². The zero-order valence-corrected chi connectivity index (χ0v) is 24.8. The maximum absolute atomic E-state index is 13.8. The van der Waals surface area contributed by atoms with Crippen LogP contribution in [0.25, 0.3) is 17.0 Å². The fourth-order valence-electron chi connectivity index (χ4n) is 4.77. The Bertz CT molecular complexity index is 1850. The summed E-state index contributed by atoms with van der Waals surface area (Å²) >= 11 is 13.1. The Morgan fingerprint density at radius 1 is 0.881 bits per heavy atom. The van der Waals surface area contributed by atoms with Crippen molar-refractivity contribution in [1.82, 2.24) is 9.88 Å². The molecule has 4 aromatic carbocycles. The van der Waals surface area contributed by atoms with Crippen molar-refractivity contribution in [3.8, 4) is 11.5 Å². The molecule has 2 amide bonds. The summed E-state index contributed by atoms with van der Waals surface area (Å²) in [6.45, 7) is 0. The maximum Gasteiger partial charge on any atom is 0.270 e. The summed E-state index contributed by atoms with van der Waals surface area (Å²) in [5.74, 6) is 0.963. The number of carbonyl (C=O) groups is 2. The number of amides is 2. The van der Waals surface area contributed by atoms with Gasteiger partial charge in [0.2, 0.25) is 0 Å². The predicted molar refractivity (Wildman–Crippen MR) is 173 cm³/mol. The molecule has 1 fully saturated rings. The number of hydrogen-bond donors (Lipinski definition) is 1. The molecule has 6 rings (SSSR count). The molecule has 1 aliphatic heterocycles. The van der Waals surface area contributed by atoms with E-state index in [-0.39, 0.29) is 10.7 Å². The Labute approximate surface area is 257 Å². The molecule has 0 atom stereocenters. The van der Waals surface area contributed by atoms with Crippen LogP contribution < -0.4 is 15.0 Å². The molecule has 42 heavy (non-hydrogen) atoms. The smallest absolute Gasteiger partial charge is 0.270 e. The third-order valence-corrected chi connectivity index (χ3v) is 8.63. The van der Waals surface area contributed by atoms with Crippen LogP contribution in [0.15, 0.2) is 114 Å². The second-order valence-corrected chi connectivity index (χ2v) is 11.4. The molecule has 1 aromatic heterocycles. The van der Waals surface area contributed by atoms with Crippen LogP contribution in [0.4, 0.5) is 5.69 Å². The molecule has 5 aromatic rings. The summed E-state index contributed by atoms with van der Waals surface area (Å²) in [6, 6.07) is 32.1. The van der Waals surface area contributed by atoms with Crippen molar-refractivity contribution in [2.45, 2.75) is 10.8 Å². The molecule has 1 saturated heterocycles. The molecule has 9 heteroatoms. The van der Waals surface area contributed by atoms with E-state index in [2.05, 4.69) is 9.88 Å². The number of fused-ring (bicyclic) bond motifs is 1. The highest BCUT2D eigenvalue weighted by molar-refractivity contribution is 7.98. The molecule has 2 heterocycles. The number of rotatable bonds is 7. The molecule has 1 aliphatic rings. The molecule has 0 saturated carbocycles. The van der Waals surface area contributed by atoms with Crippen LogP contribution in [-0.2, 0) is 22.4 Å². The highest BCUT2D eigenvalue weighted by Gasteiger charge is 2.35. The number of hydrogen-bond acceptors (Lipinski definition) is 5. The van der Waals surface area contributed by atoms with E-state index in [9.17, 15) is 9.59 Å². The van der Waals surface area contributed by atoms with Crippen molar-refractivity contribution in [2.75, 3.05) is 4.90 Å². The van der Waals surface area contributed by atoms with Gasteiger partial charge in [0.1, 0.15) is 17.1 Å². The van der Waals surface area contributed by atoms with Gasteiger partial charge >= 0.3 is 0 Å². The largest absolute Gasteiger partial charge is 0.457 e. The highest BCUT2D eigenvalue weighted by Crippen LogP contribution is 2.37. The number of thiocarbonyl (C=S) groups is 1. The number of para-hydroxylation sites is 2. The summed E-state index contributed by atoms with van der Waals surface area (Å²) in [6.07, 6.45) is 1.67. The van der Waals surface area contributed by atoms with Gasteiger partial charge in [0.15, 0.2) is 5.11 Å². The molecule has 0 bridgehead atoms. The van der Waals surface area contributed by atoms with E-state index in [0.717, 1.165) is 27.1 Å². The molecule has 0 spiro atoms. The van der Waals surface area contributed by atoms with Gasteiger partial charge in [0.25, 0.3) is 11.8 Å². The monoisotopic (exact) mass is 609 g/mol. The minimum absolute atomic E-state index is 0.00194. The predicted octanol–water partition coefficient (Wildman–Crippen LogP) is 7.75. The van der Waals surface area contributed by atoms with Gasteiger partial charge in [0.05, 0.1) is 10.7 Å². The summed E-state index contributed by atoms with van der Waals surface area (Å²) in [7, 11) is 1.98. The number of carbonyl (C=O) groups excluding carboxylic acids is 2. The van der Waals surface area contributed by atoms with Crippen molar-refractivity contribution < 1.29 is 14.3 Å². The number of thioether (sulfide) groups is 1. The molecule has 208 valence electrons. The van der Waals surface area contributed by atoms with Gasteiger partial charge in [-0.25, -0.2) is 0 Å². The van der Waals surface area contributed by atoms with Crippen molar-refractivity contribution in [1.29, 1.82) is 0 Å². The minimum Gasteiger partial charge on any atom is -0.457 e. The Hall–Kier alpha value is -4.37. The van der Waals surface area contributed by atoms with Gasteiger partial charge in [-0.2, -0.15) is 0 Å². The third-order valence-electron chi connectivity index (χ3n) is 6.84. The quantitative estimate of drug-likeness (QED) is 0.0885. The first-order valence-electron chi connectivity index (χ1n) is 13.1. The van der Waals surface area contributed by atoms with E-state index in [1.54, 1.807) is 42.1 Å². The second-order valence-electron chi connectivity index (χ2n) is 9.58. The number of nitrogens with one attached hydrogen (secondary N) is 1. The minimum atomic E-state index is -0.535. The first kappa shape index (κ1) is 27.8. The van der Waals surface area contributed by atoms with Gasteiger partial charge in [-0.1, -0.05) is 60.1 Å². The average molecular weight is 610 g/mol. The zero-order chi connectivity index (χ0) is 29.2. The SMILES string of the molecule is Cn1c(SCc2ccc(Cl)cc2)c(C=C2C(=O)NC(=S)N(c3ccc(Oc4ccccc4)cc3)C2=O)c2ccccc21. The summed E-state index contributed by atoms with van der Waals surface area (Å²) in [5.41, 5.74) is 3.42. The van der Waals surface area contributed by atoms with Crippen LogP contribution in [0.1, 0.15) is 11.1 Å². The summed E-state index contributed by atoms with van der Waals surface area (Å²) in [4.78, 5) is 28.3.